The molecule has 0 radical (unpaired) electrons. The first-order valence-corrected chi connectivity index (χ1v) is 9.92. The zero-order chi connectivity index (χ0) is 17.8. The average Bonchev–Trinajstić information content (AvgIpc) is 3.44. The van der Waals surface area contributed by atoms with E-state index >= 15 is 0 Å². The number of aryl methyl sites for hydroxylation is 1. The van der Waals surface area contributed by atoms with Crippen molar-refractivity contribution in [3.63, 3.8) is 0 Å². The number of hydrogen-bond acceptors (Lipinski definition) is 3. The SMILES string of the molecule is O=C(NCCCn1nccc1C1CC1)c1cccc([C@H]2CCCNC2)c1. The Morgan fingerprint density at radius 3 is 2.96 bits per heavy atom. The van der Waals surface area contributed by atoms with Crippen molar-refractivity contribution in [3.8, 4) is 0 Å². The van der Waals surface area contributed by atoms with Gasteiger partial charge < -0.3 is 10.6 Å². The van der Waals surface area contributed by atoms with E-state index in [-0.39, 0.29) is 5.91 Å². The van der Waals surface area contributed by atoms with Crippen LogP contribution >= 0.6 is 0 Å². The Kier molecular flexibility index (Phi) is 5.34. The molecule has 1 atom stereocenters. The molecule has 2 N–H and O–H groups in total. The minimum atomic E-state index is 0.0264. The monoisotopic (exact) mass is 352 g/mol. The van der Waals surface area contributed by atoms with E-state index in [1.165, 1.54) is 36.9 Å². The fourth-order valence-corrected chi connectivity index (χ4v) is 3.86. The maximum absolute atomic E-state index is 12.5. The number of hydrogen-bond donors (Lipinski definition) is 2. The molecule has 2 aliphatic rings. The molecule has 138 valence electrons. The summed E-state index contributed by atoms with van der Waals surface area (Å²) in [5.74, 6) is 1.26. The number of carbonyl (C=O) groups excluding carboxylic acids is 1. The van der Waals surface area contributed by atoms with E-state index in [2.05, 4.69) is 38.6 Å². The molecule has 2 fully saturated rings. The van der Waals surface area contributed by atoms with Gasteiger partial charge in [0.15, 0.2) is 0 Å². The largest absolute Gasteiger partial charge is 0.352 e. The predicted molar refractivity (Wildman–Crippen MR) is 102 cm³/mol. The Morgan fingerprint density at radius 2 is 2.15 bits per heavy atom. The summed E-state index contributed by atoms with van der Waals surface area (Å²) >= 11 is 0. The molecule has 1 aromatic carbocycles. The minimum Gasteiger partial charge on any atom is -0.352 e. The highest BCUT2D eigenvalue weighted by Gasteiger charge is 2.26. The molecule has 5 nitrogen and oxygen atoms in total. The molecule has 26 heavy (non-hydrogen) atoms. The normalized spacial score (nSPS) is 20.1. The fourth-order valence-electron chi connectivity index (χ4n) is 3.86. The van der Waals surface area contributed by atoms with Crippen LogP contribution in [-0.2, 0) is 6.54 Å². The first-order valence-electron chi connectivity index (χ1n) is 9.92. The first-order chi connectivity index (χ1) is 12.8. The van der Waals surface area contributed by atoms with Gasteiger partial charge >= 0.3 is 0 Å². The summed E-state index contributed by atoms with van der Waals surface area (Å²) < 4.78 is 2.10. The number of carbonyl (C=O) groups is 1. The standard InChI is InChI=1S/C21H28N4O/c26-21(18-5-1-4-17(14-18)19-6-2-10-22-15-19)23-11-3-13-25-20(9-12-24-25)16-7-8-16/h1,4-5,9,12,14,16,19,22H,2-3,6-8,10-11,13,15H2,(H,23,26)/t19-/m0/s1. The van der Waals surface area contributed by atoms with Crippen LogP contribution in [0.15, 0.2) is 36.5 Å². The lowest BCUT2D eigenvalue weighted by molar-refractivity contribution is 0.0952. The molecule has 1 aromatic heterocycles. The number of nitrogens with zero attached hydrogens (tertiary/aromatic N) is 2. The zero-order valence-corrected chi connectivity index (χ0v) is 15.3. The lowest BCUT2D eigenvalue weighted by atomic mass is 9.90. The topological polar surface area (TPSA) is 59.0 Å². The van der Waals surface area contributed by atoms with Crippen LogP contribution in [-0.4, -0.2) is 35.3 Å². The van der Waals surface area contributed by atoms with E-state index in [9.17, 15) is 4.79 Å². The third kappa shape index (κ3) is 4.15. The van der Waals surface area contributed by atoms with E-state index < -0.39 is 0 Å². The van der Waals surface area contributed by atoms with Crippen molar-refractivity contribution in [3.05, 3.63) is 53.3 Å². The summed E-state index contributed by atoms with van der Waals surface area (Å²) in [7, 11) is 0. The summed E-state index contributed by atoms with van der Waals surface area (Å²) in [4.78, 5) is 12.5. The van der Waals surface area contributed by atoms with Gasteiger partial charge in [-0.15, -0.1) is 0 Å². The Bertz CT molecular complexity index is 744. The molecular weight excluding hydrogens is 324 g/mol. The molecule has 5 heteroatoms. The van der Waals surface area contributed by atoms with Crippen LogP contribution in [0.5, 0.6) is 0 Å². The Morgan fingerprint density at radius 1 is 1.23 bits per heavy atom. The summed E-state index contributed by atoms with van der Waals surface area (Å²) in [6.07, 6.45) is 7.77. The molecule has 1 saturated carbocycles. The molecule has 1 aliphatic carbocycles. The quantitative estimate of drug-likeness (QED) is 0.753. The maximum atomic E-state index is 12.5. The maximum Gasteiger partial charge on any atom is 0.251 e. The van der Waals surface area contributed by atoms with Crippen LogP contribution in [0.4, 0.5) is 0 Å². The van der Waals surface area contributed by atoms with Gasteiger partial charge in [0.25, 0.3) is 5.91 Å². The zero-order valence-electron chi connectivity index (χ0n) is 15.3. The summed E-state index contributed by atoms with van der Waals surface area (Å²) in [5, 5.41) is 10.9. The second-order valence-electron chi connectivity index (χ2n) is 7.53. The van der Waals surface area contributed by atoms with Gasteiger partial charge in [0.2, 0.25) is 0 Å². The van der Waals surface area contributed by atoms with Crippen molar-refractivity contribution in [2.75, 3.05) is 19.6 Å². The van der Waals surface area contributed by atoms with Crippen LogP contribution in [0.1, 0.15) is 65.6 Å². The van der Waals surface area contributed by atoms with Gasteiger partial charge in [-0.3, -0.25) is 9.48 Å². The van der Waals surface area contributed by atoms with Crippen LogP contribution in [0.2, 0.25) is 0 Å². The van der Waals surface area contributed by atoms with E-state index in [1.54, 1.807) is 0 Å². The summed E-state index contributed by atoms with van der Waals surface area (Å²) in [5.41, 5.74) is 3.39. The molecule has 1 saturated heterocycles. The summed E-state index contributed by atoms with van der Waals surface area (Å²) in [6.45, 7) is 3.67. The highest BCUT2D eigenvalue weighted by Crippen LogP contribution is 2.39. The highest BCUT2D eigenvalue weighted by atomic mass is 16.1. The van der Waals surface area contributed by atoms with Gasteiger partial charge in [0, 0.05) is 43.0 Å². The molecule has 2 aromatic rings. The lowest BCUT2D eigenvalue weighted by Gasteiger charge is -2.23. The number of rotatable bonds is 7. The molecule has 2 heterocycles. The van der Waals surface area contributed by atoms with Crippen molar-refractivity contribution in [2.24, 2.45) is 0 Å². The average molecular weight is 352 g/mol. The molecule has 4 rings (SSSR count). The van der Waals surface area contributed by atoms with Crippen LogP contribution in [0, 0.1) is 0 Å². The Labute approximate surface area is 155 Å². The molecule has 0 spiro atoms. The Balaban J connectivity index is 1.27. The van der Waals surface area contributed by atoms with Crippen LogP contribution < -0.4 is 10.6 Å². The van der Waals surface area contributed by atoms with Crippen molar-refractivity contribution in [1.29, 1.82) is 0 Å². The number of benzene rings is 1. The van der Waals surface area contributed by atoms with Crippen molar-refractivity contribution >= 4 is 5.91 Å². The van der Waals surface area contributed by atoms with E-state index in [1.807, 2.05) is 18.3 Å². The minimum absolute atomic E-state index is 0.0264. The van der Waals surface area contributed by atoms with Crippen molar-refractivity contribution < 1.29 is 4.79 Å². The van der Waals surface area contributed by atoms with Gasteiger partial charge in [-0.2, -0.15) is 5.10 Å². The second kappa shape index (κ2) is 8.04. The van der Waals surface area contributed by atoms with Crippen LogP contribution in [0.3, 0.4) is 0 Å². The Hall–Kier alpha value is -2.14. The third-order valence-corrected chi connectivity index (χ3v) is 5.49. The third-order valence-electron chi connectivity index (χ3n) is 5.49. The van der Waals surface area contributed by atoms with Gasteiger partial charge in [-0.1, -0.05) is 12.1 Å². The van der Waals surface area contributed by atoms with E-state index in [0.29, 0.717) is 18.4 Å². The second-order valence-corrected chi connectivity index (χ2v) is 7.53. The summed E-state index contributed by atoms with van der Waals surface area (Å²) in [6, 6.07) is 10.2. The molecule has 0 unspecified atom stereocenters. The van der Waals surface area contributed by atoms with Gasteiger partial charge in [0.05, 0.1) is 0 Å². The highest BCUT2D eigenvalue weighted by molar-refractivity contribution is 5.94. The smallest absolute Gasteiger partial charge is 0.251 e. The van der Waals surface area contributed by atoms with E-state index in [4.69, 9.17) is 0 Å². The fraction of sp³-hybridized carbons (Fsp3) is 0.524. The number of amides is 1. The lowest BCUT2D eigenvalue weighted by Crippen LogP contribution is -2.29. The first kappa shape index (κ1) is 17.3. The molecule has 1 aliphatic heterocycles. The number of aromatic nitrogens is 2. The number of piperidine rings is 1. The predicted octanol–water partition coefficient (Wildman–Crippen LogP) is 3.05. The molecular formula is C21H28N4O. The van der Waals surface area contributed by atoms with E-state index in [0.717, 1.165) is 31.6 Å². The van der Waals surface area contributed by atoms with Gasteiger partial charge in [-0.25, -0.2) is 0 Å². The van der Waals surface area contributed by atoms with Gasteiger partial charge in [-0.05, 0) is 68.3 Å². The number of nitrogens with one attached hydrogen (secondary N) is 2. The van der Waals surface area contributed by atoms with Crippen molar-refractivity contribution in [2.45, 2.75) is 50.5 Å². The molecule has 1 amide bonds. The van der Waals surface area contributed by atoms with Crippen molar-refractivity contribution in [1.82, 2.24) is 20.4 Å². The molecule has 0 bridgehead atoms. The van der Waals surface area contributed by atoms with Crippen LogP contribution in [0.25, 0.3) is 0 Å². The van der Waals surface area contributed by atoms with Gasteiger partial charge in [0.1, 0.15) is 0 Å².